The zero-order chi connectivity index (χ0) is 16.9. The number of rotatable bonds is 6. The fourth-order valence-electron chi connectivity index (χ4n) is 3.82. The molecule has 2 amide bonds. The molecule has 0 aliphatic heterocycles. The Kier molecular flexibility index (Phi) is 5.82. The Balaban J connectivity index is 1.52. The number of nitrogens with one attached hydrogen (secondary N) is 2. The first kappa shape index (κ1) is 17.3. The van der Waals surface area contributed by atoms with E-state index in [2.05, 4.69) is 16.7 Å². The SMILES string of the molecule is CSCCC(=O)NC1CCC(C(=O)Nc2cccc3c2CCC3)C1. The number of carbonyl (C=O) groups is 2. The van der Waals surface area contributed by atoms with Crippen LogP contribution in [0.5, 0.6) is 0 Å². The summed E-state index contributed by atoms with van der Waals surface area (Å²) in [4.78, 5) is 24.4. The van der Waals surface area contributed by atoms with E-state index in [1.807, 2.05) is 18.4 Å². The highest BCUT2D eigenvalue weighted by atomic mass is 32.2. The molecule has 0 saturated heterocycles. The van der Waals surface area contributed by atoms with Gasteiger partial charge < -0.3 is 10.6 Å². The molecule has 5 heteroatoms. The van der Waals surface area contributed by atoms with Gasteiger partial charge in [-0.15, -0.1) is 0 Å². The molecule has 1 aromatic carbocycles. The van der Waals surface area contributed by atoms with Crippen molar-refractivity contribution in [3.8, 4) is 0 Å². The highest BCUT2D eigenvalue weighted by Gasteiger charge is 2.31. The summed E-state index contributed by atoms with van der Waals surface area (Å²) >= 11 is 1.68. The minimum atomic E-state index is 0.00751. The van der Waals surface area contributed by atoms with Gasteiger partial charge in [-0.25, -0.2) is 0 Å². The Hall–Kier alpha value is -1.49. The van der Waals surface area contributed by atoms with Crippen LogP contribution in [0.2, 0.25) is 0 Å². The Morgan fingerprint density at radius 1 is 1.25 bits per heavy atom. The summed E-state index contributed by atoms with van der Waals surface area (Å²) in [6.07, 6.45) is 8.43. The van der Waals surface area contributed by atoms with Crippen molar-refractivity contribution in [2.45, 2.75) is 51.0 Å². The molecule has 2 aliphatic rings. The largest absolute Gasteiger partial charge is 0.353 e. The molecule has 1 saturated carbocycles. The molecule has 0 radical (unpaired) electrons. The Morgan fingerprint density at radius 2 is 2.12 bits per heavy atom. The maximum Gasteiger partial charge on any atom is 0.227 e. The number of carbonyl (C=O) groups excluding carboxylic acids is 2. The predicted molar refractivity (Wildman–Crippen MR) is 99.4 cm³/mol. The zero-order valence-corrected chi connectivity index (χ0v) is 15.1. The minimum Gasteiger partial charge on any atom is -0.353 e. The molecule has 0 spiro atoms. The highest BCUT2D eigenvalue weighted by molar-refractivity contribution is 7.98. The number of amides is 2. The summed E-state index contributed by atoms with van der Waals surface area (Å²) in [6, 6.07) is 6.35. The average molecular weight is 346 g/mol. The van der Waals surface area contributed by atoms with E-state index in [9.17, 15) is 9.59 Å². The number of anilines is 1. The Bertz CT molecular complexity index is 617. The quantitative estimate of drug-likeness (QED) is 0.832. The van der Waals surface area contributed by atoms with Crippen LogP contribution in [0, 0.1) is 5.92 Å². The van der Waals surface area contributed by atoms with E-state index in [0.29, 0.717) is 6.42 Å². The number of thioether (sulfide) groups is 1. The third-order valence-electron chi connectivity index (χ3n) is 5.11. The standard InChI is InChI=1S/C19H26N2O2S/c1-24-11-10-18(22)20-15-9-8-14(12-15)19(23)21-17-7-3-5-13-4-2-6-16(13)17/h3,5,7,14-15H,2,4,6,8-12H2,1H3,(H,20,22)(H,21,23). The van der Waals surface area contributed by atoms with Gasteiger partial charge in [-0.05, 0) is 62.0 Å². The summed E-state index contributed by atoms with van der Waals surface area (Å²) < 4.78 is 0. The predicted octanol–water partition coefficient (Wildman–Crippen LogP) is 3.15. The van der Waals surface area contributed by atoms with Gasteiger partial charge in [0.05, 0.1) is 0 Å². The zero-order valence-electron chi connectivity index (χ0n) is 14.3. The van der Waals surface area contributed by atoms with E-state index >= 15 is 0 Å². The molecule has 2 N–H and O–H groups in total. The summed E-state index contributed by atoms with van der Waals surface area (Å²) in [7, 11) is 0. The van der Waals surface area contributed by atoms with Crippen molar-refractivity contribution in [3.05, 3.63) is 29.3 Å². The third-order valence-corrected chi connectivity index (χ3v) is 5.72. The molecule has 1 fully saturated rings. The van der Waals surface area contributed by atoms with Crippen molar-refractivity contribution in [3.63, 3.8) is 0 Å². The van der Waals surface area contributed by atoms with Gasteiger partial charge in [0.15, 0.2) is 0 Å². The van der Waals surface area contributed by atoms with Gasteiger partial charge >= 0.3 is 0 Å². The van der Waals surface area contributed by atoms with Crippen LogP contribution in [0.4, 0.5) is 5.69 Å². The summed E-state index contributed by atoms with van der Waals surface area (Å²) in [5.74, 6) is 1.07. The molecular weight excluding hydrogens is 320 g/mol. The van der Waals surface area contributed by atoms with Crippen molar-refractivity contribution in [1.29, 1.82) is 0 Å². The molecule has 130 valence electrons. The van der Waals surface area contributed by atoms with E-state index in [4.69, 9.17) is 0 Å². The average Bonchev–Trinajstić information content (AvgIpc) is 3.22. The first-order valence-corrected chi connectivity index (χ1v) is 10.3. The summed E-state index contributed by atoms with van der Waals surface area (Å²) in [5.41, 5.74) is 3.67. The van der Waals surface area contributed by atoms with Gasteiger partial charge in [-0.1, -0.05) is 12.1 Å². The fraction of sp³-hybridized carbons (Fsp3) is 0.579. The van der Waals surface area contributed by atoms with E-state index < -0.39 is 0 Å². The van der Waals surface area contributed by atoms with Gasteiger partial charge in [0.25, 0.3) is 0 Å². The lowest BCUT2D eigenvalue weighted by molar-refractivity contribution is -0.122. The number of fused-ring (bicyclic) bond motifs is 1. The minimum absolute atomic E-state index is 0.00751. The second-order valence-corrected chi connectivity index (χ2v) is 7.79. The van der Waals surface area contributed by atoms with Crippen molar-refractivity contribution in [1.82, 2.24) is 5.32 Å². The monoisotopic (exact) mass is 346 g/mol. The van der Waals surface area contributed by atoms with Crippen molar-refractivity contribution in [2.24, 2.45) is 5.92 Å². The van der Waals surface area contributed by atoms with E-state index in [1.165, 1.54) is 17.5 Å². The van der Waals surface area contributed by atoms with Crippen LogP contribution in [-0.4, -0.2) is 29.9 Å². The first-order chi connectivity index (χ1) is 11.7. The molecule has 2 aliphatic carbocycles. The lowest BCUT2D eigenvalue weighted by Crippen LogP contribution is -2.34. The summed E-state index contributed by atoms with van der Waals surface area (Å²) in [5, 5.41) is 6.21. The number of benzene rings is 1. The van der Waals surface area contributed by atoms with Gasteiger partial charge in [-0.2, -0.15) is 11.8 Å². The van der Waals surface area contributed by atoms with Crippen molar-refractivity contribution in [2.75, 3.05) is 17.3 Å². The first-order valence-electron chi connectivity index (χ1n) is 8.87. The van der Waals surface area contributed by atoms with Crippen LogP contribution in [0.25, 0.3) is 0 Å². The summed E-state index contributed by atoms with van der Waals surface area (Å²) in [6.45, 7) is 0. The van der Waals surface area contributed by atoms with Gasteiger partial charge in [0.1, 0.15) is 0 Å². The van der Waals surface area contributed by atoms with Gasteiger partial charge in [0.2, 0.25) is 11.8 Å². The van der Waals surface area contributed by atoms with Gasteiger partial charge in [-0.3, -0.25) is 9.59 Å². The molecule has 24 heavy (non-hydrogen) atoms. The van der Waals surface area contributed by atoms with Crippen LogP contribution in [0.15, 0.2) is 18.2 Å². The van der Waals surface area contributed by atoms with E-state index in [0.717, 1.165) is 43.5 Å². The second-order valence-electron chi connectivity index (χ2n) is 6.80. The number of aryl methyl sites for hydroxylation is 1. The topological polar surface area (TPSA) is 58.2 Å². The molecule has 3 rings (SSSR count). The molecular formula is C19H26N2O2S. The van der Waals surface area contributed by atoms with Gasteiger partial charge in [0, 0.05) is 29.8 Å². The Labute approximate surface area is 148 Å². The maximum atomic E-state index is 12.6. The smallest absolute Gasteiger partial charge is 0.227 e. The third kappa shape index (κ3) is 4.12. The van der Waals surface area contributed by atoms with E-state index in [-0.39, 0.29) is 23.8 Å². The number of hydrogen-bond donors (Lipinski definition) is 2. The normalized spacial score (nSPS) is 22.2. The van der Waals surface area contributed by atoms with Crippen LogP contribution < -0.4 is 10.6 Å². The van der Waals surface area contributed by atoms with Crippen LogP contribution in [-0.2, 0) is 22.4 Å². The Morgan fingerprint density at radius 3 is 2.96 bits per heavy atom. The molecule has 0 aromatic heterocycles. The maximum absolute atomic E-state index is 12.6. The van der Waals surface area contributed by atoms with Crippen molar-refractivity contribution < 1.29 is 9.59 Å². The van der Waals surface area contributed by atoms with E-state index in [1.54, 1.807) is 11.8 Å². The van der Waals surface area contributed by atoms with Crippen LogP contribution >= 0.6 is 11.8 Å². The van der Waals surface area contributed by atoms with Crippen LogP contribution in [0.1, 0.15) is 43.2 Å². The lowest BCUT2D eigenvalue weighted by Gasteiger charge is -2.15. The molecule has 0 bridgehead atoms. The fourth-order valence-corrected chi connectivity index (χ4v) is 4.21. The lowest BCUT2D eigenvalue weighted by atomic mass is 10.0. The molecule has 0 heterocycles. The number of hydrogen-bond acceptors (Lipinski definition) is 3. The highest BCUT2D eigenvalue weighted by Crippen LogP contribution is 2.31. The van der Waals surface area contributed by atoms with Crippen LogP contribution in [0.3, 0.4) is 0 Å². The molecule has 4 nitrogen and oxygen atoms in total. The second kappa shape index (κ2) is 8.06. The van der Waals surface area contributed by atoms with Crippen molar-refractivity contribution >= 4 is 29.3 Å². The molecule has 1 aromatic rings. The molecule has 2 atom stereocenters. The molecule has 2 unspecified atom stereocenters.